The van der Waals surface area contributed by atoms with Gasteiger partial charge in [-0.1, -0.05) is 17.7 Å². The Morgan fingerprint density at radius 3 is 2.45 bits per heavy atom. The van der Waals surface area contributed by atoms with Crippen molar-refractivity contribution >= 4 is 27.3 Å². The lowest BCUT2D eigenvalue weighted by molar-refractivity contribution is 0.526. The maximum absolute atomic E-state index is 15.1. The highest BCUT2D eigenvalue weighted by Gasteiger charge is 2.22. The fourth-order valence-electron chi connectivity index (χ4n) is 2.75. The average Bonchev–Trinajstić information content (AvgIpc) is 3.17. The number of hydrogen-bond acceptors (Lipinski definition) is 4. The molecule has 3 N–H and O–H groups in total. The number of hydrogen-bond donors (Lipinski definition) is 3. The first-order valence-corrected chi connectivity index (χ1v) is 10.2. The second kappa shape index (κ2) is 7.72. The molecule has 0 unspecified atom stereocenters. The van der Waals surface area contributed by atoms with Crippen LogP contribution in [-0.4, -0.2) is 36.4 Å². The van der Waals surface area contributed by atoms with Crippen LogP contribution in [0.1, 0.15) is 11.1 Å². The van der Waals surface area contributed by atoms with Crippen LogP contribution in [0.3, 0.4) is 0 Å². The summed E-state index contributed by atoms with van der Waals surface area (Å²) in [7, 11) is -1.26. The second-order valence-electron chi connectivity index (χ2n) is 6.80. The summed E-state index contributed by atoms with van der Waals surface area (Å²) < 4.78 is 44.2. The highest BCUT2D eigenvalue weighted by atomic mass is 32.2. The third kappa shape index (κ3) is 4.17. The van der Waals surface area contributed by atoms with E-state index in [9.17, 15) is 13.2 Å². The third-order valence-corrected chi connectivity index (χ3v) is 5.80. The molecule has 0 saturated carbocycles. The van der Waals surface area contributed by atoms with Gasteiger partial charge in [0.2, 0.25) is 5.82 Å². The highest BCUT2D eigenvalue weighted by Crippen LogP contribution is 2.30. The van der Waals surface area contributed by atoms with Crippen LogP contribution in [0.5, 0.6) is 0 Å². The summed E-state index contributed by atoms with van der Waals surface area (Å²) in [5.74, 6) is -0.809. The molecule has 0 radical (unpaired) electrons. The van der Waals surface area contributed by atoms with Crippen LogP contribution in [0.25, 0.3) is 5.82 Å². The minimum Gasteiger partial charge on any atom is -0.351 e. The van der Waals surface area contributed by atoms with E-state index in [0.29, 0.717) is 11.5 Å². The fraction of sp³-hybridized carbons (Fsp3) is 0.211. The molecule has 0 aliphatic carbocycles. The predicted molar refractivity (Wildman–Crippen MR) is 112 cm³/mol. The van der Waals surface area contributed by atoms with Crippen LogP contribution in [0.15, 0.2) is 47.5 Å². The van der Waals surface area contributed by atoms with E-state index in [2.05, 4.69) is 15.0 Å². The number of anilines is 3. The van der Waals surface area contributed by atoms with E-state index in [1.807, 2.05) is 26.0 Å². The lowest BCUT2D eigenvalue weighted by Gasteiger charge is -2.19. The Balaban J connectivity index is 2.20. The molecule has 0 fully saturated rings. The number of aromatic amines is 1. The SMILES string of the molecule is Cc1ccc(Nc2c(NS(=O)(=O)N(C)C)cn(-c3ccc[nH]3)c(=O)c2F)c(C)c1. The molecule has 10 heteroatoms. The molecule has 2 aromatic heterocycles. The molecular formula is C19H22FN5O3S. The van der Waals surface area contributed by atoms with E-state index >= 15 is 4.39 Å². The van der Waals surface area contributed by atoms with E-state index in [4.69, 9.17) is 0 Å². The monoisotopic (exact) mass is 419 g/mol. The van der Waals surface area contributed by atoms with Crippen molar-refractivity contribution < 1.29 is 12.8 Å². The highest BCUT2D eigenvalue weighted by molar-refractivity contribution is 7.90. The summed E-state index contributed by atoms with van der Waals surface area (Å²) >= 11 is 0. The number of H-pyrrole nitrogens is 1. The van der Waals surface area contributed by atoms with Crippen molar-refractivity contribution in [2.45, 2.75) is 13.8 Å². The molecule has 3 rings (SSSR count). The first-order valence-electron chi connectivity index (χ1n) is 8.73. The zero-order valence-electron chi connectivity index (χ0n) is 16.4. The summed E-state index contributed by atoms with van der Waals surface area (Å²) in [4.78, 5) is 15.4. The normalized spacial score (nSPS) is 11.7. The molecule has 0 amide bonds. The Bertz CT molecular complexity index is 1200. The zero-order valence-corrected chi connectivity index (χ0v) is 17.3. The number of benzene rings is 1. The minimum absolute atomic E-state index is 0.106. The fourth-order valence-corrected chi connectivity index (χ4v) is 3.37. The topological polar surface area (TPSA) is 99.2 Å². The molecule has 0 aliphatic rings. The van der Waals surface area contributed by atoms with E-state index in [-0.39, 0.29) is 11.4 Å². The van der Waals surface area contributed by atoms with Crippen LogP contribution < -0.4 is 15.6 Å². The standard InChI is InChI=1S/C19H22FN5O3S/c1-12-7-8-14(13(2)10-12)22-18-15(23-29(27,28)24(3)4)11-25(19(26)17(18)20)16-6-5-9-21-16/h5-11,21-23H,1-4H3. The van der Waals surface area contributed by atoms with Crippen molar-refractivity contribution in [1.29, 1.82) is 0 Å². The number of nitrogens with one attached hydrogen (secondary N) is 3. The maximum atomic E-state index is 15.1. The smallest absolute Gasteiger partial charge is 0.301 e. The summed E-state index contributed by atoms with van der Waals surface area (Å²) in [5, 5.41) is 2.87. The van der Waals surface area contributed by atoms with Gasteiger partial charge in [0, 0.05) is 32.2 Å². The number of halogens is 1. The van der Waals surface area contributed by atoms with E-state index in [1.54, 1.807) is 24.4 Å². The molecule has 0 saturated heterocycles. The summed E-state index contributed by atoms with van der Waals surface area (Å²) in [6.07, 6.45) is 2.81. The van der Waals surface area contributed by atoms with Gasteiger partial charge < -0.3 is 10.3 Å². The van der Waals surface area contributed by atoms with Crippen LogP contribution in [0, 0.1) is 19.7 Å². The largest absolute Gasteiger partial charge is 0.351 e. The molecule has 0 spiro atoms. The van der Waals surface area contributed by atoms with Gasteiger partial charge in [-0.3, -0.25) is 14.1 Å². The molecule has 3 aromatic rings. The predicted octanol–water partition coefficient (Wildman–Crippen LogP) is 2.88. The van der Waals surface area contributed by atoms with Crippen molar-refractivity contribution in [2.24, 2.45) is 0 Å². The van der Waals surface area contributed by atoms with Gasteiger partial charge in [0.15, 0.2) is 0 Å². The van der Waals surface area contributed by atoms with Crippen molar-refractivity contribution in [3.05, 3.63) is 70.0 Å². The van der Waals surface area contributed by atoms with Crippen molar-refractivity contribution in [3.63, 3.8) is 0 Å². The Kier molecular flexibility index (Phi) is 5.49. The molecule has 29 heavy (non-hydrogen) atoms. The van der Waals surface area contributed by atoms with Crippen LogP contribution in [-0.2, 0) is 10.2 Å². The van der Waals surface area contributed by atoms with Gasteiger partial charge in [0.25, 0.3) is 5.56 Å². The number of aromatic nitrogens is 2. The minimum atomic E-state index is -3.95. The Morgan fingerprint density at radius 2 is 1.86 bits per heavy atom. The van der Waals surface area contributed by atoms with Crippen molar-refractivity contribution in [3.8, 4) is 5.82 Å². The Hall–Kier alpha value is -3.11. The third-order valence-electron chi connectivity index (χ3n) is 4.36. The van der Waals surface area contributed by atoms with Gasteiger partial charge in [-0.2, -0.15) is 17.1 Å². The first kappa shape index (κ1) is 20.6. The van der Waals surface area contributed by atoms with Gasteiger partial charge in [0.1, 0.15) is 11.5 Å². The van der Waals surface area contributed by atoms with Crippen LogP contribution in [0.2, 0.25) is 0 Å². The molecule has 0 aliphatic heterocycles. The van der Waals surface area contributed by atoms with Gasteiger partial charge in [-0.05, 0) is 37.6 Å². The van der Waals surface area contributed by atoms with E-state index in [1.165, 1.54) is 20.3 Å². The molecule has 154 valence electrons. The van der Waals surface area contributed by atoms with Crippen LogP contribution in [0.4, 0.5) is 21.5 Å². The zero-order chi connectivity index (χ0) is 21.3. The number of pyridine rings is 1. The van der Waals surface area contributed by atoms with Gasteiger partial charge in [-0.25, -0.2) is 0 Å². The van der Waals surface area contributed by atoms with Crippen LogP contribution >= 0.6 is 0 Å². The Labute approximate surface area is 168 Å². The summed E-state index contributed by atoms with van der Waals surface area (Å²) in [5.41, 5.74) is 1.11. The molecule has 8 nitrogen and oxygen atoms in total. The number of aryl methyl sites for hydroxylation is 2. The molecule has 0 atom stereocenters. The van der Waals surface area contributed by atoms with E-state index in [0.717, 1.165) is 20.0 Å². The Morgan fingerprint density at radius 1 is 1.14 bits per heavy atom. The number of rotatable bonds is 6. The van der Waals surface area contributed by atoms with Gasteiger partial charge in [-0.15, -0.1) is 0 Å². The quantitative estimate of drug-likeness (QED) is 0.572. The maximum Gasteiger partial charge on any atom is 0.301 e. The van der Waals surface area contributed by atoms with E-state index < -0.39 is 21.6 Å². The second-order valence-corrected chi connectivity index (χ2v) is 8.68. The lowest BCUT2D eigenvalue weighted by Crippen LogP contribution is -2.31. The molecule has 2 heterocycles. The molecular weight excluding hydrogens is 397 g/mol. The number of nitrogens with zero attached hydrogens (tertiary/aromatic N) is 2. The summed E-state index contributed by atoms with van der Waals surface area (Å²) in [6, 6.07) is 8.68. The molecule has 1 aromatic carbocycles. The first-order chi connectivity index (χ1) is 13.6. The van der Waals surface area contributed by atoms with Gasteiger partial charge in [0.05, 0.1) is 5.69 Å². The molecule has 0 bridgehead atoms. The summed E-state index contributed by atoms with van der Waals surface area (Å²) in [6.45, 7) is 3.75. The lowest BCUT2D eigenvalue weighted by atomic mass is 10.1. The van der Waals surface area contributed by atoms with Crippen molar-refractivity contribution in [2.75, 3.05) is 24.1 Å². The average molecular weight is 419 g/mol. The van der Waals surface area contributed by atoms with Gasteiger partial charge >= 0.3 is 10.2 Å². The van der Waals surface area contributed by atoms with Crippen molar-refractivity contribution in [1.82, 2.24) is 13.9 Å².